The molecule has 0 aliphatic rings. The first-order chi connectivity index (χ1) is 7.65. The molecule has 0 radical (unpaired) electrons. The van der Waals surface area contributed by atoms with Gasteiger partial charge in [-0.05, 0) is 46.9 Å². The van der Waals surface area contributed by atoms with E-state index >= 15 is 0 Å². The van der Waals surface area contributed by atoms with Gasteiger partial charge >= 0.3 is 0 Å². The number of rotatable bonds is 2. The number of benzene rings is 1. The van der Waals surface area contributed by atoms with Crippen LogP contribution in [0.3, 0.4) is 0 Å². The molecule has 2 aromatic rings. The number of halogens is 2. The topological polar surface area (TPSA) is 48.1 Å². The van der Waals surface area contributed by atoms with Gasteiger partial charge in [0.05, 0.1) is 10.7 Å². The van der Waals surface area contributed by atoms with Gasteiger partial charge in [0.25, 0.3) is 0 Å². The first-order valence-electron chi connectivity index (χ1n) is 4.49. The van der Waals surface area contributed by atoms with E-state index in [9.17, 15) is 0 Å². The van der Waals surface area contributed by atoms with Crippen LogP contribution in [-0.2, 0) is 0 Å². The Kier molecular flexibility index (Phi) is 3.50. The number of anilines is 1. The molecule has 0 saturated heterocycles. The SMILES string of the molecule is Nc1cc(Cl)cnc1Oc1cccc(I)c1. The minimum Gasteiger partial charge on any atom is -0.437 e. The summed E-state index contributed by atoms with van der Waals surface area (Å²) in [7, 11) is 0. The molecule has 0 aliphatic carbocycles. The fraction of sp³-hybridized carbons (Fsp3) is 0. The predicted octanol–water partition coefficient (Wildman–Crippen LogP) is 3.71. The molecule has 5 heteroatoms. The van der Waals surface area contributed by atoms with Crippen LogP contribution in [0.15, 0.2) is 36.5 Å². The first kappa shape index (κ1) is 11.5. The molecule has 3 nitrogen and oxygen atoms in total. The van der Waals surface area contributed by atoms with Crippen LogP contribution in [0.4, 0.5) is 5.69 Å². The number of hydrogen-bond donors (Lipinski definition) is 1. The Morgan fingerprint density at radius 3 is 2.81 bits per heavy atom. The molecule has 0 bridgehead atoms. The van der Waals surface area contributed by atoms with E-state index in [1.165, 1.54) is 6.20 Å². The summed E-state index contributed by atoms with van der Waals surface area (Å²) in [5, 5.41) is 0.493. The van der Waals surface area contributed by atoms with Gasteiger partial charge in [0.1, 0.15) is 5.75 Å². The van der Waals surface area contributed by atoms with Crippen molar-refractivity contribution < 1.29 is 4.74 Å². The van der Waals surface area contributed by atoms with Gasteiger partial charge in [-0.25, -0.2) is 4.98 Å². The smallest absolute Gasteiger partial charge is 0.242 e. The van der Waals surface area contributed by atoms with E-state index in [0.717, 1.165) is 3.57 Å². The molecular formula is C11H8ClIN2O. The Hall–Kier alpha value is -1.01. The Labute approximate surface area is 112 Å². The van der Waals surface area contributed by atoms with Crippen molar-refractivity contribution in [3.63, 3.8) is 0 Å². The average molecular weight is 347 g/mol. The second-order valence-electron chi connectivity index (χ2n) is 3.11. The molecule has 82 valence electrons. The fourth-order valence-corrected chi connectivity index (χ4v) is 1.85. The highest BCUT2D eigenvalue weighted by atomic mass is 127. The van der Waals surface area contributed by atoms with Gasteiger partial charge in [-0.3, -0.25) is 0 Å². The summed E-state index contributed by atoms with van der Waals surface area (Å²) in [5.74, 6) is 1.07. The quantitative estimate of drug-likeness (QED) is 0.843. The van der Waals surface area contributed by atoms with Gasteiger partial charge in [0.15, 0.2) is 0 Å². The van der Waals surface area contributed by atoms with Crippen molar-refractivity contribution in [1.29, 1.82) is 0 Å². The number of nitrogens with zero attached hydrogens (tertiary/aromatic N) is 1. The van der Waals surface area contributed by atoms with Gasteiger partial charge in [-0.1, -0.05) is 17.7 Å². The summed E-state index contributed by atoms with van der Waals surface area (Å²) in [6, 6.07) is 9.24. The van der Waals surface area contributed by atoms with Crippen LogP contribution in [0.25, 0.3) is 0 Å². The summed E-state index contributed by atoms with van der Waals surface area (Å²) in [5.41, 5.74) is 6.16. The second kappa shape index (κ2) is 4.88. The predicted molar refractivity (Wildman–Crippen MR) is 72.9 cm³/mol. The van der Waals surface area contributed by atoms with Gasteiger partial charge < -0.3 is 10.5 Å². The summed E-state index contributed by atoms with van der Waals surface area (Å²) in [4.78, 5) is 4.02. The lowest BCUT2D eigenvalue weighted by atomic mass is 10.3. The van der Waals surface area contributed by atoms with Crippen LogP contribution < -0.4 is 10.5 Å². The molecule has 0 saturated carbocycles. The standard InChI is InChI=1S/C11H8ClIN2O/c12-7-4-10(14)11(15-6-7)16-9-3-1-2-8(13)5-9/h1-6H,14H2. The Bertz CT molecular complexity index is 519. The second-order valence-corrected chi connectivity index (χ2v) is 4.79. The number of pyridine rings is 1. The maximum Gasteiger partial charge on any atom is 0.242 e. The molecule has 1 heterocycles. The van der Waals surface area contributed by atoms with Crippen LogP contribution >= 0.6 is 34.2 Å². The molecule has 0 spiro atoms. The Morgan fingerprint density at radius 2 is 2.12 bits per heavy atom. The van der Waals surface area contributed by atoms with E-state index < -0.39 is 0 Å². The van der Waals surface area contributed by atoms with E-state index in [4.69, 9.17) is 22.1 Å². The van der Waals surface area contributed by atoms with Gasteiger partial charge in [-0.2, -0.15) is 0 Å². The van der Waals surface area contributed by atoms with Crippen LogP contribution in [0.2, 0.25) is 5.02 Å². The van der Waals surface area contributed by atoms with Crippen LogP contribution in [0.1, 0.15) is 0 Å². The molecule has 16 heavy (non-hydrogen) atoms. The molecule has 0 atom stereocenters. The maximum atomic E-state index is 5.75. The third kappa shape index (κ3) is 2.76. The molecule has 0 amide bonds. The minimum absolute atomic E-state index is 0.367. The van der Waals surface area contributed by atoms with Crippen molar-refractivity contribution in [2.75, 3.05) is 5.73 Å². The first-order valence-corrected chi connectivity index (χ1v) is 5.95. The molecule has 1 aromatic carbocycles. The van der Waals surface area contributed by atoms with E-state index in [0.29, 0.717) is 22.3 Å². The summed E-state index contributed by atoms with van der Waals surface area (Å²) < 4.78 is 6.63. The zero-order chi connectivity index (χ0) is 11.5. The Morgan fingerprint density at radius 1 is 1.31 bits per heavy atom. The summed E-state index contributed by atoms with van der Waals surface area (Å²) >= 11 is 7.96. The third-order valence-electron chi connectivity index (χ3n) is 1.86. The number of aromatic nitrogens is 1. The highest BCUT2D eigenvalue weighted by molar-refractivity contribution is 14.1. The molecule has 2 N–H and O–H groups in total. The minimum atomic E-state index is 0.367. The summed E-state index contributed by atoms with van der Waals surface area (Å²) in [6.45, 7) is 0. The van der Waals surface area contributed by atoms with Gasteiger partial charge in [0, 0.05) is 9.77 Å². The highest BCUT2D eigenvalue weighted by Crippen LogP contribution is 2.27. The van der Waals surface area contributed by atoms with Crippen molar-refractivity contribution in [3.05, 3.63) is 45.1 Å². The van der Waals surface area contributed by atoms with E-state index in [-0.39, 0.29) is 0 Å². The van der Waals surface area contributed by atoms with Gasteiger partial charge in [0.2, 0.25) is 5.88 Å². The maximum absolute atomic E-state index is 5.75. The number of ether oxygens (including phenoxy) is 1. The molecule has 0 fully saturated rings. The molecule has 0 aliphatic heterocycles. The lowest BCUT2D eigenvalue weighted by molar-refractivity contribution is 0.465. The summed E-state index contributed by atoms with van der Waals surface area (Å²) in [6.07, 6.45) is 1.50. The average Bonchev–Trinajstić information content (AvgIpc) is 2.22. The zero-order valence-electron chi connectivity index (χ0n) is 8.15. The van der Waals surface area contributed by atoms with Crippen molar-refractivity contribution in [1.82, 2.24) is 4.98 Å². The van der Waals surface area contributed by atoms with E-state index in [1.54, 1.807) is 6.07 Å². The molecule has 1 aromatic heterocycles. The van der Waals surface area contributed by atoms with Crippen molar-refractivity contribution in [3.8, 4) is 11.6 Å². The number of nitrogens with two attached hydrogens (primary N) is 1. The van der Waals surface area contributed by atoms with Crippen LogP contribution in [0.5, 0.6) is 11.6 Å². The molecule has 2 rings (SSSR count). The van der Waals surface area contributed by atoms with Crippen molar-refractivity contribution in [2.24, 2.45) is 0 Å². The van der Waals surface area contributed by atoms with Crippen molar-refractivity contribution >= 4 is 39.9 Å². The monoisotopic (exact) mass is 346 g/mol. The highest BCUT2D eigenvalue weighted by Gasteiger charge is 2.04. The third-order valence-corrected chi connectivity index (χ3v) is 2.73. The van der Waals surface area contributed by atoms with Crippen LogP contribution in [-0.4, -0.2) is 4.98 Å². The Balaban J connectivity index is 2.27. The lowest BCUT2D eigenvalue weighted by Crippen LogP contribution is -1.94. The van der Waals surface area contributed by atoms with E-state index in [1.807, 2.05) is 24.3 Å². The lowest BCUT2D eigenvalue weighted by Gasteiger charge is -2.07. The number of hydrogen-bond acceptors (Lipinski definition) is 3. The van der Waals surface area contributed by atoms with Gasteiger partial charge in [-0.15, -0.1) is 0 Å². The molecular weight excluding hydrogens is 338 g/mol. The normalized spacial score (nSPS) is 10.1. The zero-order valence-corrected chi connectivity index (χ0v) is 11.1. The van der Waals surface area contributed by atoms with Crippen LogP contribution in [0, 0.1) is 3.57 Å². The molecule has 0 unspecified atom stereocenters. The van der Waals surface area contributed by atoms with Crippen molar-refractivity contribution in [2.45, 2.75) is 0 Å². The largest absolute Gasteiger partial charge is 0.437 e. The fourth-order valence-electron chi connectivity index (χ4n) is 1.17. The number of nitrogen functional groups attached to an aromatic ring is 1. The van der Waals surface area contributed by atoms with E-state index in [2.05, 4.69) is 27.6 Å².